The van der Waals surface area contributed by atoms with E-state index >= 15 is 0 Å². The molecule has 0 radical (unpaired) electrons. The van der Waals surface area contributed by atoms with E-state index in [0.717, 1.165) is 24.5 Å². The first-order valence-corrected chi connectivity index (χ1v) is 6.79. The van der Waals surface area contributed by atoms with Crippen LogP contribution < -0.4 is 0 Å². The van der Waals surface area contributed by atoms with Gasteiger partial charge in [0, 0.05) is 6.04 Å². The number of nitrogens with zero attached hydrogens (tertiary/aromatic N) is 2. The predicted octanol–water partition coefficient (Wildman–Crippen LogP) is 3.32. The van der Waals surface area contributed by atoms with E-state index in [1.165, 1.54) is 12.8 Å². The van der Waals surface area contributed by atoms with Crippen molar-refractivity contribution in [2.24, 2.45) is 11.8 Å². The Balaban J connectivity index is 2.12. The number of imidazole rings is 1. The molecule has 3 unspecified atom stereocenters. The molecule has 0 aliphatic heterocycles. The van der Waals surface area contributed by atoms with E-state index in [4.69, 9.17) is 0 Å². The van der Waals surface area contributed by atoms with Gasteiger partial charge in [-0.1, -0.05) is 19.8 Å². The van der Waals surface area contributed by atoms with Gasteiger partial charge in [-0.15, -0.1) is 0 Å². The molecule has 1 aliphatic rings. The second-order valence-corrected chi connectivity index (χ2v) is 5.80. The third kappa shape index (κ3) is 2.71. The molecule has 1 heterocycles. The van der Waals surface area contributed by atoms with E-state index < -0.39 is 0 Å². The summed E-state index contributed by atoms with van der Waals surface area (Å²) < 4.78 is 2.09. The summed E-state index contributed by atoms with van der Waals surface area (Å²) in [5.74, 6) is 1.16. The molecule has 3 nitrogen and oxygen atoms in total. The van der Waals surface area contributed by atoms with Crippen LogP contribution in [0.2, 0.25) is 0 Å². The highest BCUT2D eigenvalue weighted by Gasteiger charge is 2.28. The minimum Gasteiger partial charge on any atom is -0.387 e. The molecular weight excluding hydrogens is 212 g/mol. The van der Waals surface area contributed by atoms with Crippen molar-refractivity contribution in [1.29, 1.82) is 0 Å². The van der Waals surface area contributed by atoms with Crippen molar-refractivity contribution in [1.82, 2.24) is 9.55 Å². The molecule has 3 heteroatoms. The van der Waals surface area contributed by atoms with E-state index in [2.05, 4.69) is 30.3 Å². The maximum absolute atomic E-state index is 10.5. The van der Waals surface area contributed by atoms with Crippen LogP contribution in [0.3, 0.4) is 0 Å². The highest BCUT2D eigenvalue weighted by Crippen LogP contribution is 2.37. The number of aliphatic hydroxyl groups is 1. The Morgan fingerprint density at radius 2 is 2.18 bits per heavy atom. The van der Waals surface area contributed by atoms with Gasteiger partial charge < -0.3 is 9.67 Å². The minimum atomic E-state index is -0.345. The van der Waals surface area contributed by atoms with Crippen LogP contribution in [-0.4, -0.2) is 14.7 Å². The van der Waals surface area contributed by atoms with Gasteiger partial charge in [-0.2, -0.15) is 0 Å². The van der Waals surface area contributed by atoms with Gasteiger partial charge in [0.05, 0.1) is 24.3 Å². The van der Waals surface area contributed by atoms with Crippen LogP contribution in [0.25, 0.3) is 0 Å². The lowest BCUT2D eigenvalue weighted by Crippen LogP contribution is -2.22. The fraction of sp³-hybridized carbons (Fsp3) is 0.786. The first-order chi connectivity index (χ1) is 8.09. The smallest absolute Gasteiger partial charge is 0.0984 e. The summed E-state index contributed by atoms with van der Waals surface area (Å²) in [6.07, 6.45) is 8.16. The molecule has 0 saturated heterocycles. The number of aliphatic hydroxyl groups excluding tert-OH is 1. The molecule has 1 saturated carbocycles. The van der Waals surface area contributed by atoms with Gasteiger partial charge in [-0.25, -0.2) is 4.98 Å². The van der Waals surface area contributed by atoms with Crippen LogP contribution in [0, 0.1) is 11.8 Å². The van der Waals surface area contributed by atoms with Crippen LogP contribution in [0.5, 0.6) is 0 Å². The number of hydrogen-bond donors (Lipinski definition) is 1. The molecule has 1 aliphatic carbocycles. The molecule has 96 valence electrons. The number of hydrogen-bond acceptors (Lipinski definition) is 2. The van der Waals surface area contributed by atoms with E-state index in [9.17, 15) is 5.11 Å². The molecule has 0 aromatic carbocycles. The van der Waals surface area contributed by atoms with Gasteiger partial charge >= 0.3 is 0 Å². The Hall–Kier alpha value is -0.830. The molecule has 1 N–H and O–H groups in total. The number of aromatic nitrogens is 2. The summed E-state index contributed by atoms with van der Waals surface area (Å²) in [5, 5.41) is 10.5. The van der Waals surface area contributed by atoms with Crippen LogP contribution in [-0.2, 0) is 0 Å². The lowest BCUT2D eigenvalue weighted by molar-refractivity contribution is 0.0643. The molecule has 17 heavy (non-hydrogen) atoms. The zero-order valence-corrected chi connectivity index (χ0v) is 11.1. The zero-order valence-electron chi connectivity index (χ0n) is 11.1. The lowest BCUT2D eigenvalue weighted by Gasteiger charge is -2.31. The molecule has 1 aromatic rings. The van der Waals surface area contributed by atoms with Crippen molar-refractivity contribution in [2.75, 3.05) is 0 Å². The van der Waals surface area contributed by atoms with Gasteiger partial charge in [0.2, 0.25) is 0 Å². The summed E-state index contributed by atoms with van der Waals surface area (Å²) in [7, 11) is 0. The highest BCUT2D eigenvalue weighted by molar-refractivity contribution is 5.06. The topological polar surface area (TPSA) is 38.1 Å². The maximum Gasteiger partial charge on any atom is 0.0984 e. The lowest BCUT2D eigenvalue weighted by atomic mass is 9.79. The molecule has 2 rings (SSSR count). The fourth-order valence-electron chi connectivity index (χ4n) is 2.98. The van der Waals surface area contributed by atoms with Crippen molar-refractivity contribution in [3.05, 3.63) is 18.2 Å². The third-order valence-corrected chi connectivity index (χ3v) is 3.98. The monoisotopic (exact) mass is 236 g/mol. The average Bonchev–Trinajstić information content (AvgIpc) is 2.77. The van der Waals surface area contributed by atoms with Gasteiger partial charge in [0.1, 0.15) is 0 Å². The van der Waals surface area contributed by atoms with E-state index in [1.54, 1.807) is 0 Å². The zero-order chi connectivity index (χ0) is 12.4. The van der Waals surface area contributed by atoms with Gasteiger partial charge in [-0.3, -0.25) is 0 Å². The van der Waals surface area contributed by atoms with E-state index in [-0.39, 0.29) is 6.10 Å². The minimum absolute atomic E-state index is 0.345. The summed E-state index contributed by atoms with van der Waals surface area (Å²) >= 11 is 0. The third-order valence-electron chi connectivity index (χ3n) is 3.98. The van der Waals surface area contributed by atoms with Crippen LogP contribution in [0.15, 0.2) is 12.5 Å². The fourth-order valence-corrected chi connectivity index (χ4v) is 2.98. The summed E-state index contributed by atoms with van der Waals surface area (Å²) in [6.45, 7) is 6.54. The van der Waals surface area contributed by atoms with Gasteiger partial charge in [0.15, 0.2) is 0 Å². The second-order valence-electron chi connectivity index (χ2n) is 5.80. The first kappa shape index (κ1) is 12.6. The SMILES string of the molecule is CC1CCCC(C(O)c2cncn2C(C)C)C1. The largest absolute Gasteiger partial charge is 0.387 e. The number of rotatable bonds is 3. The first-order valence-electron chi connectivity index (χ1n) is 6.79. The predicted molar refractivity (Wildman–Crippen MR) is 68.7 cm³/mol. The maximum atomic E-state index is 10.5. The van der Waals surface area contributed by atoms with Gasteiger partial charge in [-0.05, 0) is 38.5 Å². The molecule has 0 spiro atoms. The molecule has 1 fully saturated rings. The Kier molecular flexibility index (Phi) is 3.87. The molecule has 0 amide bonds. The normalized spacial score (nSPS) is 27.4. The Labute approximate surface area is 104 Å². The quantitative estimate of drug-likeness (QED) is 0.874. The van der Waals surface area contributed by atoms with E-state index in [0.29, 0.717) is 12.0 Å². The van der Waals surface area contributed by atoms with Crippen LogP contribution in [0.4, 0.5) is 0 Å². The average molecular weight is 236 g/mol. The van der Waals surface area contributed by atoms with Crippen molar-refractivity contribution >= 4 is 0 Å². The van der Waals surface area contributed by atoms with Crippen molar-refractivity contribution in [3.8, 4) is 0 Å². The van der Waals surface area contributed by atoms with Crippen LogP contribution >= 0.6 is 0 Å². The van der Waals surface area contributed by atoms with Crippen molar-refractivity contribution in [2.45, 2.75) is 58.6 Å². The van der Waals surface area contributed by atoms with E-state index in [1.807, 2.05) is 12.5 Å². The van der Waals surface area contributed by atoms with Crippen LogP contribution in [0.1, 0.15) is 64.3 Å². The van der Waals surface area contributed by atoms with Gasteiger partial charge in [0.25, 0.3) is 0 Å². The Bertz CT molecular complexity index is 359. The highest BCUT2D eigenvalue weighted by atomic mass is 16.3. The molecule has 3 atom stereocenters. The molecule has 1 aromatic heterocycles. The Morgan fingerprint density at radius 3 is 2.82 bits per heavy atom. The summed E-state index contributed by atoms with van der Waals surface area (Å²) in [6, 6.07) is 0.364. The second kappa shape index (κ2) is 5.21. The summed E-state index contributed by atoms with van der Waals surface area (Å²) in [5.41, 5.74) is 0.985. The molecule has 0 bridgehead atoms. The Morgan fingerprint density at radius 1 is 1.41 bits per heavy atom. The summed E-state index contributed by atoms with van der Waals surface area (Å²) in [4.78, 5) is 4.18. The van der Waals surface area contributed by atoms with Crippen molar-refractivity contribution < 1.29 is 5.11 Å². The standard InChI is InChI=1S/C14H24N2O/c1-10(2)16-9-15-8-13(16)14(17)12-6-4-5-11(3)7-12/h8-12,14,17H,4-7H2,1-3H3. The molecular formula is C14H24N2O. The van der Waals surface area contributed by atoms with Crippen molar-refractivity contribution in [3.63, 3.8) is 0 Å².